The van der Waals surface area contributed by atoms with Gasteiger partial charge in [0.2, 0.25) is 0 Å². The van der Waals surface area contributed by atoms with Crippen LogP contribution in [0, 0.1) is 12.7 Å². The van der Waals surface area contributed by atoms with E-state index in [1.807, 2.05) is 0 Å². The number of aromatic nitrogens is 1. The van der Waals surface area contributed by atoms with Gasteiger partial charge in [-0.2, -0.15) is 0 Å². The van der Waals surface area contributed by atoms with Gasteiger partial charge in [-0.25, -0.2) is 4.39 Å². The Morgan fingerprint density at radius 2 is 2.00 bits per heavy atom. The summed E-state index contributed by atoms with van der Waals surface area (Å²) in [6.07, 6.45) is 3.43. The van der Waals surface area contributed by atoms with E-state index in [1.54, 1.807) is 37.5 Å². The summed E-state index contributed by atoms with van der Waals surface area (Å²) in [4.78, 5) is 4.13. The lowest BCUT2D eigenvalue weighted by Gasteiger charge is -2.21. The zero-order valence-corrected chi connectivity index (χ0v) is 12.9. The predicted molar refractivity (Wildman–Crippen MR) is 82.0 cm³/mol. The number of nitrogens with one attached hydrogen (secondary N) is 1. The first-order valence-electron chi connectivity index (χ1n) is 6.97. The fraction of sp³-hybridized carbons (Fsp3) is 0.353. The highest BCUT2D eigenvalue weighted by atomic mass is 19.1. The number of nitrogens with zero attached hydrogens (tertiary/aromatic N) is 1. The summed E-state index contributed by atoms with van der Waals surface area (Å²) in [5.41, 5.74) is 1.54. The second-order valence-corrected chi connectivity index (χ2v) is 6.10. The minimum absolute atomic E-state index is 0.00305. The molecule has 21 heavy (non-hydrogen) atoms. The molecule has 1 heterocycles. The zero-order chi connectivity index (χ0) is 15.5. The molecule has 2 aromatic rings. The molecule has 0 bridgehead atoms. The second-order valence-electron chi connectivity index (χ2n) is 6.10. The van der Waals surface area contributed by atoms with Gasteiger partial charge in [0.1, 0.15) is 17.3 Å². The highest BCUT2D eigenvalue weighted by Gasteiger charge is 2.12. The van der Waals surface area contributed by atoms with Crippen LogP contribution in [-0.4, -0.2) is 10.5 Å². The Hall–Kier alpha value is -1.94. The SMILES string of the molecule is Cc1ccc(Oc2ccncc2CNC(C)(C)C)cc1F. The van der Waals surface area contributed by atoms with Crippen molar-refractivity contribution in [3.63, 3.8) is 0 Å². The highest BCUT2D eigenvalue weighted by Crippen LogP contribution is 2.26. The van der Waals surface area contributed by atoms with Gasteiger partial charge in [-0.15, -0.1) is 0 Å². The monoisotopic (exact) mass is 288 g/mol. The van der Waals surface area contributed by atoms with Crippen molar-refractivity contribution in [3.05, 3.63) is 53.6 Å². The molecule has 112 valence electrons. The van der Waals surface area contributed by atoms with Gasteiger partial charge in [0.25, 0.3) is 0 Å². The van der Waals surface area contributed by atoms with Crippen LogP contribution >= 0.6 is 0 Å². The van der Waals surface area contributed by atoms with E-state index in [9.17, 15) is 4.39 Å². The number of hydrogen-bond donors (Lipinski definition) is 1. The van der Waals surface area contributed by atoms with Crippen LogP contribution in [0.3, 0.4) is 0 Å². The van der Waals surface area contributed by atoms with Crippen LogP contribution in [0.1, 0.15) is 31.9 Å². The lowest BCUT2D eigenvalue weighted by molar-refractivity contribution is 0.413. The van der Waals surface area contributed by atoms with E-state index in [4.69, 9.17) is 4.74 Å². The van der Waals surface area contributed by atoms with Gasteiger partial charge >= 0.3 is 0 Å². The average Bonchev–Trinajstić information content (AvgIpc) is 2.41. The summed E-state index contributed by atoms with van der Waals surface area (Å²) in [7, 11) is 0. The Labute approximate surface area is 125 Å². The van der Waals surface area contributed by atoms with E-state index in [1.165, 1.54) is 6.07 Å². The van der Waals surface area contributed by atoms with Crippen LogP contribution in [-0.2, 0) is 6.54 Å². The van der Waals surface area contributed by atoms with E-state index < -0.39 is 0 Å². The lowest BCUT2D eigenvalue weighted by Crippen LogP contribution is -2.35. The minimum Gasteiger partial charge on any atom is -0.457 e. The summed E-state index contributed by atoms with van der Waals surface area (Å²) in [6.45, 7) is 8.66. The molecule has 1 aromatic heterocycles. The summed E-state index contributed by atoms with van der Waals surface area (Å²) in [5, 5.41) is 3.39. The standard InChI is InChI=1S/C17H21FN2O/c1-12-5-6-14(9-15(12)18)21-16-7-8-19-10-13(16)11-20-17(2,3)4/h5-10,20H,11H2,1-4H3. The minimum atomic E-state index is -0.268. The molecular weight excluding hydrogens is 267 g/mol. The first-order chi connectivity index (χ1) is 9.85. The van der Waals surface area contributed by atoms with Crippen molar-refractivity contribution in [2.24, 2.45) is 0 Å². The maximum Gasteiger partial charge on any atom is 0.134 e. The van der Waals surface area contributed by atoms with Crippen molar-refractivity contribution < 1.29 is 9.13 Å². The first kappa shape index (κ1) is 15.4. The van der Waals surface area contributed by atoms with Gasteiger partial charge in [-0.05, 0) is 45.4 Å². The molecule has 0 saturated carbocycles. The third-order valence-electron chi connectivity index (χ3n) is 3.04. The Balaban J connectivity index is 2.17. The van der Waals surface area contributed by atoms with Crippen LogP contribution in [0.5, 0.6) is 11.5 Å². The van der Waals surface area contributed by atoms with Crippen molar-refractivity contribution >= 4 is 0 Å². The van der Waals surface area contributed by atoms with Crippen LogP contribution in [0.4, 0.5) is 4.39 Å². The molecule has 0 amide bonds. The van der Waals surface area contributed by atoms with Crippen molar-refractivity contribution in [3.8, 4) is 11.5 Å². The van der Waals surface area contributed by atoms with E-state index in [0.29, 0.717) is 23.6 Å². The Kier molecular flexibility index (Phi) is 4.58. The molecule has 0 atom stereocenters. The molecule has 1 aromatic carbocycles. The summed E-state index contributed by atoms with van der Waals surface area (Å²) in [5.74, 6) is 0.905. The Morgan fingerprint density at radius 1 is 1.24 bits per heavy atom. The number of pyridine rings is 1. The van der Waals surface area contributed by atoms with Gasteiger partial charge in [0, 0.05) is 36.1 Å². The quantitative estimate of drug-likeness (QED) is 0.915. The molecule has 0 aliphatic carbocycles. The van der Waals surface area contributed by atoms with Crippen molar-refractivity contribution in [2.75, 3.05) is 0 Å². The largest absolute Gasteiger partial charge is 0.457 e. The van der Waals surface area contributed by atoms with Gasteiger partial charge in [0.15, 0.2) is 0 Å². The molecule has 0 unspecified atom stereocenters. The lowest BCUT2D eigenvalue weighted by atomic mass is 10.1. The molecule has 0 aliphatic heterocycles. The van der Waals surface area contributed by atoms with E-state index in [2.05, 4.69) is 31.1 Å². The molecule has 3 nitrogen and oxygen atoms in total. The van der Waals surface area contributed by atoms with E-state index >= 15 is 0 Å². The number of rotatable bonds is 4. The molecule has 0 saturated heterocycles. The summed E-state index contributed by atoms with van der Waals surface area (Å²) < 4.78 is 19.4. The molecule has 0 aliphatic rings. The molecular formula is C17H21FN2O. The van der Waals surface area contributed by atoms with Crippen LogP contribution in [0.2, 0.25) is 0 Å². The van der Waals surface area contributed by atoms with E-state index in [-0.39, 0.29) is 11.4 Å². The van der Waals surface area contributed by atoms with Crippen LogP contribution < -0.4 is 10.1 Å². The normalized spacial score (nSPS) is 11.5. The van der Waals surface area contributed by atoms with Crippen LogP contribution in [0.25, 0.3) is 0 Å². The Morgan fingerprint density at radius 3 is 2.67 bits per heavy atom. The first-order valence-corrected chi connectivity index (χ1v) is 6.97. The molecule has 1 N–H and O–H groups in total. The van der Waals surface area contributed by atoms with Gasteiger partial charge in [-0.3, -0.25) is 4.98 Å². The third kappa shape index (κ3) is 4.53. The molecule has 0 radical (unpaired) electrons. The van der Waals surface area contributed by atoms with Gasteiger partial charge in [0.05, 0.1) is 0 Å². The average molecular weight is 288 g/mol. The molecule has 0 fully saturated rings. The molecule has 4 heteroatoms. The number of ether oxygens (including phenoxy) is 1. The van der Waals surface area contributed by atoms with Crippen LogP contribution in [0.15, 0.2) is 36.7 Å². The Bertz CT molecular complexity index is 620. The van der Waals surface area contributed by atoms with Gasteiger partial charge < -0.3 is 10.1 Å². The van der Waals surface area contributed by atoms with Gasteiger partial charge in [-0.1, -0.05) is 6.07 Å². The maximum atomic E-state index is 13.6. The summed E-state index contributed by atoms with van der Waals surface area (Å²) >= 11 is 0. The number of halogens is 1. The fourth-order valence-electron chi connectivity index (χ4n) is 1.77. The third-order valence-corrected chi connectivity index (χ3v) is 3.04. The smallest absolute Gasteiger partial charge is 0.134 e. The summed E-state index contributed by atoms with van der Waals surface area (Å²) in [6, 6.07) is 6.66. The number of benzene rings is 1. The number of hydrogen-bond acceptors (Lipinski definition) is 3. The zero-order valence-electron chi connectivity index (χ0n) is 12.9. The molecule has 2 rings (SSSR count). The highest BCUT2D eigenvalue weighted by molar-refractivity contribution is 5.37. The fourth-order valence-corrected chi connectivity index (χ4v) is 1.77. The van der Waals surface area contributed by atoms with E-state index in [0.717, 1.165) is 5.56 Å². The maximum absolute atomic E-state index is 13.6. The predicted octanol–water partition coefficient (Wildman–Crippen LogP) is 4.21. The second kappa shape index (κ2) is 6.22. The van der Waals surface area contributed by atoms with Crippen molar-refractivity contribution in [2.45, 2.75) is 39.8 Å². The molecule has 0 spiro atoms. The number of aryl methyl sites for hydroxylation is 1. The topological polar surface area (TPSA) is 34.1 Å². The van der Waals surface area contributed by atoms with Crippen molar-refractivity contribution in [1.29, 1.82) is 0 Å². The van der Waals surface area contributed by atoms with Crippen molar-refractivity contribution in [1.82, 2.24) is 10.3 Å².